The molecule has 2 aromatic carbocycles. The van der Waals surface area contributed by atoms with Gasteiger partial charge in [0.15, 0.2) is 0 Å². The lowest BCUT2D eigenvalue weighted by molar-refractivity contribution is 0.0734. The van der Waals surface area contributed by atoms with Gasteiger partial charge in [-0.3, -0.25) is 4.90 Å². The Bertz CT molecular complexity index is 662. The van der Waals surface area contributed by atoms with Crippen molar-refractivity contribution in [3.63, 3.8) is 0 Å². The van der Waals surface area contributed by atoms with Gasteiger partial charge in [-0.1, -0.05) is 18.2 Å². The number of rotatable bonds is 6. The van der Waals surface area contributed by atoms with Crippen molar-refractivity contribution >= 4 is 0 Å². The van der Waals surface area contributed by atoms with Crippen LogP contribution in [0.4, 0.5) is 4.39 Å². The van der Waals surface area contributed by atoms with E-state index in [1.807, 2.05) is 31.2 Å². The fraction of sp³-hybridized carbons (Fsp3) is 0.368. The molecule has 0 spiro atoms. The summed E-state index contributed by atoms with van der Waals surface area (Å²) in [5, 5.41) is 10.2. The molecule has 4 nitrogen and oxygen atoms in total. The van der Waals surface area contributed by atoms with E-state index >= 15 is 0 Å². The van der Waals surface area contributed by atoms with Gasteiger partial charge >= 0.3 is 0 Å². The van der Waals surface area contributed by atoms with Crippen molar-refractivity contribution < 1.29 is 19.0 Å². The molecule has 1 N–H and O–H groups in total. The third kappa shape index (κ3) is 4.24. The van der Waals surface area contributed by atoms with Crippen LogP contribution in [0.5, 0.6) is 11.5 Å². The van der Waals surface area contributed by atoms with Gasteiger partial charge in [0.05, 0.1) is 6.61 Å². The fourth-order valence-corrected chi connectivity index (χ4v) is 2.91. The summed E-state index contributed by atoms with van der Waals surface area (Å²) in [6, 6.07) is 14.0. The Morgan fingerprint density at radius 1 is 1.12 bits per heavy atom. The minimum atomic E-state index is -0.587. The van der Waals surface area contributed by atoms with Crippen molar-refractivity contribution in [1.29, 1.82) is 0 Å². The summed E-state index contributed by atoms with van der Waals surface area (Å²) >= 11 is 0. The Morgan fingerprint density at radius 2 is 1.92 bits per heavy atom. The molecule has 0 aliphatic carbocycles. The highest BCUT2D eigenvalue weighted by molar-refractivity contribution is 5.27. The maximum atomic E-state index is 13.2. The Kier molecular flexibility index (Phi) is 5.33. The van der Waals surface area contributed by atoms with Gasteiger partial charge in [-0.05, 0) is 36.8 Å². The molecule has 2 atom stereocenters. The molecule has 1 fully saturated rings. The molecule has 1 aliphatic heterocycles. The third-order valence-corrected chi connectivity index (χ3v) is 4.04. The average Bonchev–Trinajstić information content (AvgIpc) is 2.89. The molecule has 1 aliphatic rings. The molecule has 24 heavy (non-hydrogen) atoms. The van der Waals surface area contributed by atoms with E-state index in [1.54, 1.807) is 12.1 Å². The predicted molar refractivity (Wildman–Crippen MR) is 89.7 cm³/mol. The van der Waals surface area contributed by atoms with Gasteiger partial charge in [0.2, 0.25) is 0 Å². The van der Waals surface area contributed by atoms with Gasteiger partial charge in [0, 0.05) is 25.7 Å². The number of nitrogens with zero attached hydrogens (tertiary/aromatic N) is 1. The molecule has 1 saturated heterocycles. The Hall–Kier alpha value is -2.11. The van der Waals surface area contributed by atoms with Crippen LogP contribution >= 0.6 is 0 Å². The summed E-state index contributed by atoms with van der Waals surface area (Å²) in [4.78, 5) is 2.13. The van der Waals surface area contributed by atoms with E-state index in [-0.39, 0.29) is 11.9 Å². The van der Waals surface area contributed by atoms with Crippen LogP contribution in [0.25, 0.3) is 0 Å². The summed E-state index contributed by atoms with van der Waals surface area (Å²) in [6.45, 7) is 4.47. The largest absolute Gasteiger partial charge is 0.494 e. The van der Waals surface area contributed by atoms with Gasteiger partial charge in [0.1, 0.15) is 29.5 Å². The number of hydrogen-bond donors (Lipinski definition) is 1. The number of halogens is 1. The molecule has 0 radical (unpaired) electrons. The van der Waals surface area contributed by atoms with Crippen LogP contribution in [0.3, 0.4) is 0 Å². The van der Waals surface area contributed by atoms with Crippen LogP contribution in [0.15, 0.2) is 48.5 Å². The van der Waals surface area contributed by atoms with E-state index in [1.165, 1.54) is 12.1 Å². The first-order valence-electron chi connectivity index (χ1n) is 8.18. The first-order valence-corrected chi connectivity index (χ1v) is 8.18. The van der Waals surface area contributed by atoms with Crippen molar-refractivity contribution in [2.24, 2.45) is 0 Å². The van der Waals surface area contributed by atoms with E-state index in [2.05, 4.69) is 4.90 Å². The number of likely N-dealkylation sites (tertiary alicyclic amines) is 1. The molecule has 2 aromatic rings. The predicted octanol–water partition coefficient (Wildman–Crippen LogP) is 2.85. The van der Waals surface area contributed by atoms with Crippen LogP contribution in [0.2, 0.25) is 0 Å². The molecule has 0 aromatic heterocycles. The molecule has 0 unspecified atom stereocenters. The van der Waals surface area contributed by atoms with Crippen LogP contribution in [0, 0.1) is 5.82 Å². The lowest BCUT2D eigenvalue weighted by atomic mass is 10.2. The van der Waals surface area contributed by atoms with E-state index in [0.717, 1.165) is 17.9 Å². The number of hydrogen-bond acceptors (Lipinski definition) is 4. The van der Waals surface area contributed by atoms with Crippen LogP contribution in [-0.2, 0) is 6.54 Å². The molecular weight excluding hydrogens is 309 g/mol. The Balaban J connectivity index is 1.57. The molecule has 0 saturated carbocycles. The third-order valence-electron chi connectivity index (χ3n) is 4.04. The first kappa shape index (κ1) is 16.7. The van der Waals surface area contributed by atoms with Crippen molar-refractivity contribution in [1.82, 2.24) is 4.90 Å². The monoisotopic (exact) mass is 331 g/mol. The number of aliphatic hydroxyl groups is 1. The molecular formula is C19H22FNO3. The highest BCUT2D eigenvalue weighted by Crippen LogP contribution is 2.22. The summed E-state index contributed by atoms with van der Waals surface area (Å²) in [6.07, 6.45) is -0.939. The molecule has 0 bridgehead atoms. The first-order chi connectivity index (χ1) is 11.6. The molecule has 5 heteroatoms. The molecule has 128 valence electrons. The highest BCUT2D eigenvalue weighted by Gasteiger charge is 2.33. The number of benzene rings is 2. The summed E-state index contributed by atoms with van der Waals surface area (Å²) in [5.41, 5.74) is 1.15. The van der Waals surface area contributed by atoms with Gasteiger partial charge < -0.3 is 14.6 Å². The minimum absolute atomic E-state index is 0.341. The maximum absolute atomic E-state index is 13.2. The Labute approximate surface area is 141 Å². The van der Waals surface area contributed by atoms with Crippen molar-refractivity contribution in [3.8, 4) is 11.5 Å². The molecule has 1 heterocycles. The second kappa shape index (κ2) is 7.64. The zero-order valence-corrected chi connectivity index (χ0v) is 13.7. The average molecular weight is 331 g/mol. The maximum Gasteiger partial charge on any atom is 0.138 e. The number of β-amino-alcohol motifs (C(OH)–C–C–N with tert-alkyl or cyclic N) is 1. The smallest absolute Gasteiger partial charge is 0.138 e. The lowest BCUT2D eigenvalue weighted by Crippen LogP contribution is -2.29. The van der Waals surface area contributed by atoms with Gasteiger partial charge in [-0.15, -0.1) is 0 Å². The summed E-state index contributed by atoms with van der Waals surface area (Å²) < 4.78 is 24.4. The number of ether oxygens (including phenoxy) is 2. The van der Waals surface area contributed by atoms with Crippen molar-refractivity contribution in [3.05, 3.63) is 59.9 Å². The Morgan fingerprint density at radius 3 is 2.62 bits per heavy atom. The molecule has 3 rings (SSSR count). The standard InChI is InChI=1S/C19H22FNO3/c1-2-23-16-8-6-14(7-9-16)11-21-12-18(22)19(13-21)24-17-5-3-4-15(20)10-17/h3-10,18-19,22H,2,11-13H2,1H3/t18-,19-/m1/s1. The van der Waals surface area contributed by atoms with E-state index in [9.17, 15) is 9.50 Å². The fourth-order valence-electron chi connectivity index (χ4n) is 2.91. The second-order valence-corrected chi connectivity index (χ2v) is 5.95. The van der Waals surface area contributed by atoms with Crippen molar-refractivity contribution in [2.45, 2.75) is 25.7 Å². The van der Waals surface area contributed by atoms with Gasteiger partial charge in [-0.25, -0.2) is 4.39 Å². The van der Waals surface area contributed by atoms with Crippen LogP contribution in [-0.4, -0.2) is 41.9 Å². The van der Waals surface area contributed by atoms with Crippen LogP contribution in [0.1, 0.15) is 12.5 Å². The quantitative estimate of drug-likeness (QED) is 0.884. The highest BCUT2D eigenvalue weighted by atomic mass is 19.1. The minimum Gasteiger partial charge on any atom is -0.494 e. The van der Waals surface area contributed by atoms with E-state index < -0.39 is 6.10 Å². The van der Waals surface area contributed by atoms with Gasteiger partial charge in [-0.2, -0.15) is 0 Å². The number of aliphatic hydroxyl groups excluding tert-OH is 1. The topological polar surface area (TPSA) is 41.9 Å². The summed E-state index contributed by atoms with van der Waals surface area (Å²) in [5.74, 6) is 0.961. The van der Waals surface area contributed by atoms with Crippen molar-refractivity contribution in [2.75, 3.05) is 19.7 Å². The summed E-state index contributed by atoms with van der Waals surface area (Å²) in [7, 11) is 0. The van der Waals surface area contributed by atoms with E-state index in [4.69, 9.17) is 9.47 Å². The zero-order chi connectivity index (χ0) is 16.9. The van der Waals surface area contributed by atoms with E-state index in [0.29, 0.717) is 25.4 Å². The second-order valence-electron chi connectivity index (χ2n) is 5.95. The normalized spacial score (nSPS) is 21.0. The van der Waals surface area contributed by atoms with Gasteiger partial charge in [0.25, 0.3) is 0 Å². The van der Waals surface area contributed by atoms with Crippen LogP contribution < -0.4 is 9.47 Å². The zero-order valence-electron chi connectivity index (χ0n) is 13.7. The lowest BCUT2D eigenvalue weighted by Gasteiger charge is -2.17. The SMILES string of the molecule is CCOc1ccc(CN2C[C@@H](O)[C@H](Oc3cccc(F)c3)C2)cc1. The molecule has 0 amide bonds.